The Bertz CT molecular complexity index is 522. The molecular weight excluding hydrogens is 220 g/mol. The third-order valence-electron chi connectivity index (χ3n) is 2.30. The van der Waals surface area contributed by atoms with Crippen LogP contribution in [0.3, 0.4) is 0 Å². The number of H-pyrrole nitrogens is 1. The topological polar surface area (TPSA) is 104 Å². The minimum absolute atomic E-state index is 0.0212. The average Bonchev–Trinajstić information content (AvgIpc) is 2.75. The van der Waals surface area contributed by atoms with Crippen LogP contribution in [0.5, 0.6) is 0 Å². The normalized spacial score (nSPS) is 10.6. The lowest BCUT2D eigenvalue weighted by atomic mass is 10.4. The lowest BCUT2D eigenvalue weighted by Gasteiger charge is -2.21. The molecule has 0 aromatic carbocycles. The second-order valence-electron chi connectivity index (χ2n) is 3.46. The Hall–Kier alpha value is -2.15. The quantitative estimate of drug-likeness (QED) is 0.625. The highest BCUT2D eigenvalue weighted by Gasteiger charge is 2.14. The van der Waals surface area contributed by atoms with Crippen LogP contribution in [-0.2, 0) is 0 Å². The summed E-state index contributed by atoms with van der Waals surface area (Å²) in [5.41, 5.74) is 6.84. The number of aliphatic hydroxyl groups excluding tert-OH is 1. The molecule has 0 aliphatic carbocycles. The largest absolute Gasteiger partial charge is 0.395 e. The molecule has 0 saturated carbocycles. The number of aliphatic hydroxyl groups is 1. The zero-order valence-corrected chi connectivity index (χ0v) is 9.30. The van der Waals surface area contributed by atoms with Crippen LogP contribution in [-0.4, -0.2) is 44.7 Å². The maximum atomic E-state index is 9.04. The van der Waals surface area contributed by atoms with Crippen LogP contribution in [0, 0.1) is 0 Å². The summed E-state index contributed by atoms with van der Waals surface area (Å²) >= 11 is 0. The van der Waals surface area contributed by atoms with E-state index in [2.05, 4.69) is 26.5 Å². The SMILES string of the molecule is C=CCN(CCO)c1nc(N)nc2nc[nH]c12. The van der Waals surface area contributed by atoms with Crippen molar-refractivity contribution in [1.29, 1.82) is 0 Å². The Balaban J connectivity index is 2.50. The number of hydrogen-bond acceptors (Lipinski definition) is 6. The number of nitrogens with zero attached hydrogens (tertiary/aromatic N) is 4. The molecule has 0 fully saturated rings. The van der Waals surface area contributed by atoms with Gasteiger partial charge in [-0.2, -0.15) is 9.97 Å². The van der Waals surface area contributed by atoms with E-state index in [-0.39, 0.29) is 12.6 Å². The van der Waals surface area contributed by atoms with Gasteiger partial charge >= 0.3 is 0 Å². The molecule has 0 saturated heterocycles. The maximum Gasteiger partial charge on any atom is 0.224 e. The predicted molar refractivity (Wildman–Crippen MR) is 65.6 cm³/mol. The lowest BCUT2D eigenvalue weighted by Crippen LogP contribution is -2.28. The van der Waals surface area contributed by atoms with E-state index in [4.69, 9.17) is 10.8 Å². The number of nitrogen functional groups attached to an aromatic ring is 1. The van der Waals surface area contributed by atoms with Crippen molar-refractivity contribution in [3.8, 4) is 0 Å². The molecule has 0 aliphatic heterocycles. The van der Waals surface area contributed by atoms with E-state index in [9.17, 15) is 0 Å². The molecule has 0 atom stereocenters. The van der Waals surface area contributed by atoms with Crippen molar-refractivity contribution in [3.63, 3.8) is 0 Å². The summed E-state index contributed by atoms with van der Waals surface area (Å²) in [7, 11) is 0. The average molecular weight is 234 g/mol. The van der Waals surface area contributed by atoms with Crippen molar-refractivity contribution >= 4 is 22.9 Å². The van der Waals surface area contributed by atoms with E-state index >= 15 is 0 Å². The number of fused-ring (bicyclic) bond motifs is 1. The maximum absolute atomic E-state index is 9.04. The zero-order chi connectivity index (χ0) is 12.3. The van der Waals surface area contributed by atoms with Gasteiger partial charge in [0.2, 0.25) is 5.95 Å². The van der Waals surface area contributed by atoms with E-state index in [0.717, 1.165) is 0 Å². The Morgan fingerprint density at radius 3 is 3.06 bits per heavy atom. The zero-order valence-electron chi connectivity index (χ0n) is 9.30. The number of nitrogens with one attached hydrogen (secondary N) is 1. The number of aromatic amines is 1. The number of imidazole rings is 1. The first kappa shape index (κ1) is 11.3. The molecule has 2 aromatic heterocycles. The predicted octanol–water partition coefficient (Wildman–Crippen LogP) is -0.0802. The number of aromatic nitrogens is 4. The number of nitrogens with two attached hydrogens (primary N) is 1. The minimum atomic E-state index is 0.0212. The molecule has 7 nitrogen and oxygen atoms in total. The highest BCUT2D eigenvalue weighted by Crippen LogP contribution is 2.21. The first-order valence-electron chi connectivity index (χ1n) is 5.19. The molecule has 0 spiro atoms. The summed E-state index contributed by atoms with van der Waals surface area (Å²) in [6, 6.07) is 0. The fourth-order valence-electron chi connectivity index (χ4n) is 1.62. The summed E-state index contributed by atoms with van der Waals surface area (Å²) < 4.78 is 0. The molecule has 0 radical (unpaired) electrons. The Kier molecular flexibility index (Phi) is 3.20. The Morgan fingerprint density at radius 1 is 1.53 bits per heavy atom. The molecule has 0 unspecified atom stereocenters. The van der Waals surface area contributed by atoms with Crippen LogP contribution in [0.2, 0.25) is 0 Å². The van der Waals surface area contributed by atoms with Gasteiger partial charge in [0, 0.05) is 13.1 Å². The fourth-order valence-corrected chi connectivity index (χ4v) is 1.62. The fraction of sp³-hybridized carbons (Fsp3) is 0.300. The van der Waals surface area contributed by atoms with Crippen molar-refractivity contribution in [2.45, 2.75) is 0 Å². The first-order valence-corrected chi connectivity index (χ1v) is 5.19. The molecule has 0 bridgehead atoms. The van der Waals surface area contributed by atoms with Crippen LogP contribution < -0.4 is 10.6 Å². The molecular formula is C10H14N6O. The minimum Gasteiger partial charge on any atom is -0.395 e. The molecule has 0 amide bonds. The molecule has 90 valence electrons. The number of hydrogen-bond donors (Lipinski definition) is 3. The standard InChI is InChI=1S/C10H14N6O/c1-2-3-16(4-5-17)9-7-8(13-6-12-7)14-10(11)15-9/h2,6,17H,1,3-5H2,(H3,11,12,13,14,15). The van der Waals surface area contributed by atoms with E-state index in [0.29, 0.717) is 30.1 Å². The summed E-state index contributed by atoms with van der Waals surface area (Å²) in [5.74, 6) is 0.783. The molecule has 17 heavy (non-hydrogen) atoms. The second kappa shape index (κ2) is 4.79. The lowest BCUT2D eigenvalue weighted by molar-refractivity contribution is 0.303. The van der Waals surface area contributed by atoms with Crippen LogP contribution in [0.4, 0.5) is 11.8 Å². The first-order chi connectivity index (χ1) is 8.26. The van der Waals surface area contributed by atoms with Crippen LogP contribution >= 0.6 is 0 Å². The van der Waals surface area contributed by atoms with Gasteiger partial charge in [-0.25, -0.2) is 4.98 Å². The molecule has 2 aromatic rings. The summed E-state index contributed by atoms with van der Waals surface area (Å²) in [4.78, 5) is 17.0. The van der Waals surface area contributed by atoms with E-state index in [1.54, 1.807) is 6.08 Å². The number of rotatable bonds is 5. The van der Waals surface area contributed by atoms with Gasteiger partial charge < -0.3 is 20.7 Å². The van der Waals surface area contributed by atoms with Gasteiger partial charge in [0.05, 0.1) is 12.9 Å². The van der Waals surface area contributed by atoms with Crippen LogP contribution in [0.1, 0.15) is 0 Å². The monoisotopic (exact) mass is 234 g/mol. The van der Waals surface area contributed by atoms with Crippen molar-refractivity contribution in [2.75, 3.05) is 30.3 Å². The molecule has 7 heteroatoms. The van der Waals surface area contributed by atoms with Gasteiger partial charge in [-0.05, 0) is 0 Å². The third kappa shape index (κ3) is 2.18. The van der Waals surface area contributed by atoms with Crippen molar-refractivity contribution in [3.05, 3.63) is 19.0 Å². The molecule has 2 heterocycles. The smallest absolute Gasteiger partial charge is 0.224 e. The number of anilines is 2. The molecule has 0 aliphatic rings. The summed E-state index contributed by atoms with van der Waals surface area (Å²) in [5, 5.41) is 9.04. The van der Waals surface area contributed by atoms with Crippen molar-refractivity contribution in [1.82, 2.24) is 19.9 Å². The summed E-state index contributed by atoms with van der Waals surface area (Å²) in [6.07, 6.45) is 3.27. The van der Waals surface area contributed by atoms with Crippen molar-refractivity contribution in [2.24, 2.45) is 0 Å². The van der Waals surface area contributed by atoms with Gasteiger partial charge in [0.1, 0.15) is 5.52 Å². The van der Waals surface area contributed by atoms with Gasteiger partial charge in [0.15, 0.2) is 11.5 Å². The second-order valence-corrected chi connectivity index (χ2v) is 3.46. The highest BCUT2D eigenvalue weighted by molar-refractivity contribution is 5.84. The van der Waals surface area contributed by atoms with Crippen LogP contribution in [0.25, 0.3) is 11.2 Å². The van der Waals surface area contributed by atoms with Gasteiger partial charge in [-0.1, -0.05) is 6.08 Å². The van der Waals surface area contributed by atoms with E-state index in [1.165, 1.54) is 6.33 Å². The van der Waals surface area contributed by atoms with Gasteiger partial charge in [-0.3, -0.25) is 0 Å². The van der Waals surface area contributed by atoms with E-state index < -0.39 is 0 Å². The Morgan fingerprint density at radius 2 is 2.35 bits per heavy atom. The van der Waals surface area contributed by atoms with Gasteiger partial charge in [0.25, 0.3) is 0 Å². The molecule has 4 N–H and O–H groups in total. The third-order valence-corrected chi connectivity index (χ3v) is 2.30. The highest BCUT2D eigenvalue weighted by atomic mass is 16.3. The van der Waals surface area contributed by atoms with Gasteiger partial charge in [-0.15, -0.1) is 6.58 Å². The molecule has 2 rings (SSSR count). The van der Waals surface area contributed by atoms with Crippen molar-refractivity contribution < 1.29 is 5.11 Å². The summed E-state index contributed by atoms with van der Waals surface area (Å²) in [6.45, 7) is 4.70. The van der Waals surface area contributed by atoms with Crippen LogP contribution in [0.15, 0.2) is 19.0 Å². The van der Waals surface area contributed by atoms with E-state index in [1.807, 2.05) is 4.90 Å². The Labute approximate surface area is 98.0 Å².